The van der Waals surface area contributed by atoms with Gasteiger partial charge in [-0.2, -0.15) is 0 Å². The molecule has 4 heterocycles. The fraction of sp³-hybridized carbons (Fsp3) is 0.393. The number of aryl methyl sites for hydroxylation is 2. The zero-order valence-electron chi connectivity index (χ0n) is 21.4. The molecule has 0 aliphatic carbocycles. The lowest BCUT2D eigenvalue weighted by Gasteiger charge is -2.29. The Balaban J connectivity index is 1.55. The molecule has 5 rings (SSSR count). The number of hydrogen-bond donors (Lipinski definition) is 1. The maximum Gasteiger partial charge on any atom is 0.295 e. The number of rotatable bonds is 7. The number of carbonyl (C=O) groups is 2. The van der Waals surface area contributed by atoms with Crippen molar-refractivity contribution in [2.45, 2.75) is 26.3 Å². The third kappa shape index (κ3) is 4.60. The van der Waals surface area contributed by atoms with Crippen molar-refractivity contribution >= 4 is 23.1 Å². The summed E-state index contributed by atoms with van der Waals surface area (Å²) in [6.07, 6.45) is 2.57. The number of aliphatic hydroxyl groups excluding tert-OH is 1. The molecule has 1 amide bonds. The van der Waals surface area contributed by atoms with Crippen molar-refractivity contribution < 1.29 is 24.2 Å². The number of carbonyl (C=O) groups excluding carboxylic acids is 2. The Hall–Kier alpha value is -3.69. The van der Waals surface area contributed by atoms with Crippen molar-refractivity contribution in [3.63, 3.8) is 0 Å². The van der Waals surface area contributed by atoms with E-state index >= 15 is 0 Å². The zero-order valence-corrected chi connectivity index (χ0v) is 21.4. The molecule has 1 N–H and O–H groups in total. The Kier molecular flexibility index (Phi) is 6.99. The Bertz CT molecular complexity index is 1350. The molecule has 3 aromatic rings. The number of methoxy groups -OCH3 is 1. The summed E-state index contributed by atoms with van der Waals surface area (Å²) in [4.78, 5) is 35.2. The number of hydrogen-bond acceptors (Lipinski definition) is 7. The van der Waals surface area contributed by atoms with E-state index in [1.807, 2.05) is 48.7 Å². The van der Waals surface area contributed by atoms with Crippen LogP contribution in [-0.2, 0) is 14.3 Å². The summed E-state index contributed by atoms with van der Waals surface area (Å²) in [6, 6.07) is 10.4. The van der Waals surface area contributed by atoms with Gasteiger partial charge in [-0.1, -0.05) is 18.2 Å². The molecule has 9 heteroatoms. The van der Waals surface area contributed by atoms with Gasteiger partial charge in [0.1, 0.15) is 17.1 Å². The molecule has 37 heavy (non-hydrogen) atoms. The van der Waals surface area contributed by atoms with Gasteiger partial charge in [-0.15, -0.1) is 0 Å². The number of Topliss-reactive ketones (excluding diaryl/α,β-unsaturated/α-hetero) is 1. The second kappa shape index (κ2) is 10.4. The highest BCUT2D eigenvalue weighted by molar-refractivity contribution is 6.46. The summed E-state index contributed by atoms with van der Waals surface area (Å²) < 4.78 is 12.6. The quantitative estimate of drug-likeness (QED) is 0.300. The third-order valence-electron chi connectivity index (χ3n) is 7.26. The number of morpholine rings is 1. The lowest BCUT2D eigenvalue weighted by molar-refractivity contribution is -0.140. The number of likely N-dealkylation sites (tertiary alicyclic amines) is 1. The summed E-state index contributed by atoms with van der Waals surface area (Å²) in [5.41, 5.74) is 3.43. The number of benzene rings is 1. The van der Waals surface area contributed by atoms with Gasteiger partial charge in [-0.3, -0.25) is 14.5 Å². The third-order valence-corrected chi connectivity index (χ3v) is 7.26. The monoisotopic (exact) mass is 504 g/mol. The topological polar surface area (TPSA) is 96.6 Å². The molecule has 0 bridgehead atoms. The molecule has 0 saturated carbocycles. The number of fused-ring (bicyclic) bond motifs is 1. The van der Waals surface area contributed by atoms with Gasteiger partial charge in [-0.05, 0) is 49.6 Å². The van der Waals surface area contributed by atoms with Crippen LogP contribution in [-0.4, -0.2) is 82.5 Å². The first kappa shape index (κ1) is 25.0. The second-order valence-corrected chi connectivity index (χ2v) is 9.50. The van der Waals surface area contributed by atoms with E-state index in [1.165, 1.54) is 0 Å². The summed E-state index contributed by atoms with van der Waals surface area (Å²) in [6.45, 7) is 8.08. The van der Waals surface area contributed by atoms with Crippen molar-refractivity contribution in [2.24, 2.45) is 0 Å². The van der Waals surface area contributed by atoms with E-state index in [4.69, 9.17) is 9.47 Å². The Morgan fingerprint density at radius 1 is 1.11 bits per heavy atom. The minimum Gasteiger partial charge on any atom is -0.505 e. The highest BCUT2D eigenvalue weighted by Gasteiger charge is 2.46. The van der Waals surface area contributed by atoms with Crippen molar-refractivity contribution in [2.75, 3.05) is 46.5 Å². The Morgan fingerprint density at radius 3 is 2.51 bits per heavy atom. The van der Waals surface area contributed by atoms with Crippen LogP contribution in [0.4, 0.5) is 0 Å². The lowest BCUT2D eigenvalue weighted by Crippen LogP contribution is -2.38. The van der Waals surface area contributed by atoms with Crippen molar-refractivity contribution in [3.8, 4) is 5.75 Å². The molecule has 2 aliphatic rings. The van der Waals surface area contributed by atoms with Crippen LogP contribution >= 0.6 is 0 Å². The van der Waals surface area contributed by atoms with Gasteiger partial charge in [0, 0.05) is 32.4 Å². The number of imidazole rings is 1. The van der Waals surface area contributed by atoms with E-state index in [9.17, 15) is 14.7 Å². The van der Waals surface area contributed by atoms with E-state index in [1.54, 1.807) is 24.1 Å². The molecular weight excluding hydrogens is 472 g/mol. The van der Waals surface area contributed by atoms with Crippen molar-refractivity contribution in [1.82, 2.24) is 19.2 Å². The molecule has 1 atom stereocenters. The summed E-state index contributed by atoms with van der Waals surface area (Å²) in [7, 11) is 1.58. The van der Waals surface area contributed by atoms with Gasteiger partial charge in [0.2, 0.25) is 0 Å². The van der Waals surface area contributed by atoms with Crippen LogP contribution in [0.25, 0.3) is 11.4 Å². The first-order valence-electron chi connectivity index (χ1n) is 12.6. The minimum atomic E-state index is -0.721. The number of ketones is 1. The summed E-state index contributed by atoms with van der Waals surface area (Å²) in [5, 5.41) is 11.5. The van der Waals surface area contributed by atoms with Crippen LogP contribution in [0.5, 0.6) is 5.75 Å². The summed E-state index contributed by atoms with van der Waals surface area (Å²) in [5.74, 6) is -0.894. The van der Waals surface area contributed by atoms with Crippen LogP contribution in [0, 0.1) is 13.8 Å². The average molecular weight is 505 g/mol. The molecule has 9 nitrogen and oxygen atoms in total. The SMILES string of the molecule is COc1ccc(C2/C(=C(\O)c3nc4c(C)cccn4c3C)C(=O)C(=O)N2CCCN2CCOCC2)cc1. The Labute approximate surface area is 215 Å². The van der Waals surface area contributed by atoms with E-state index in [-0.39, 0.29) is 11.3 Å². The molecule has 2 saturated heterocycles. The maximum absolute atomic E-state index is 13.4. The van der Waals surface area contributed by atoms with E-state index < -0.39 is 17.7 Å². The van der Waals surface area contributed by atoms with Crippen LogP contribution in [0.2, 0.25) is 0 Å². The Morgan fingerprint density at radius 2 is 1.84 bits per heavy atom. The number of amides is 1. The van der Waals surface area contributed by atoms with Gasteiger partial charge >= 0.3 is 0 Å². The smallest absolute Gasteiger partial charge is 0.295 e. The first-order chi connectivity index (χ1) is 17.9. The first-order valence-corrected chi connectivity index (χ1v) is 12.6. The van der Waals surface area contributed by atoms with Crippen LogP contribution in [0.1, 0.15) is 35.0 Å². The molecule has 0 radical (unpaired) electrons. The van der Waals surface area contributed by atoms with Gasteiger partial charge in [0.05, 0.1) is 37.6 Å². The standard InChI is InChI=1S/C28H32N4O5/c1-18-6-4-12-31-19(2)23(29-27(18)31)25(33)22-24(20-7-9-21(36-3)10-8-20)32(28(35)26(22)34)13-5-11-30-14-16-37-17-15-30/h4,6-10,12,24,33H,5,11,13-17H2,1-3H3/b25-22+. The average Bonchev–Trinajstić information content (AvgIpc) is 3.39. The summed E-state index contributed by atoms with van der Waals surface area (Å²) >= 11 is 0. The van der Waals surface area contributed by atoms with E-state index in [0.29, 0.717) is 49.0 Å². The maximum atomic E-state index is 13.4. The fourth-order valence-corrected chi connectivity index (χ4v) is 5.21. The molecule has 1 unspecified atom stereocenters. The second-order valence-electron chi connectivity index (χ2n) is 9.50. The molecule has 194 valence electrons. The van der Waals surface area contributed by atoms with E-state index in [2.05, 4.69) is 9.88 Å². The predicted octanol–water partition coefficient (Wildman–Crippen LogP) is 3.10. The molecule has 1 aromatic carbocycles. The normalized spacial score (nSPS) is 20.2. The molecule has 0 spiro atoms. The molecule has 2 fully saturated rings. The highest BCUT2D eigenvalue weighted by Crippen LogP contribution is 2.40. The van der Waals surface area contributed by atoms with Gasteiger partial charge in [0.15, 0.2) is 5.76 Å². The van der Waals surface area contributed by atoms with E-state index in [0.717, 1.165) is 30.8 Å². The fourth-order valence-electron chi connectivity index (χ4n) is 5.21. The largest absolute Gasteiger partial charge is 0.505 e. The molecule has 2 aromatic heterocycles. The zero-order chi connectivity index (χ0) is 26.1. The van der Waals surface area contributed by atoms with Gasteiger partial charge in [-0.25, -0.2) is 4.98 Å². The number of ether oxygens (including phenoxy) is 2. The molecular formula is C28H32N4O5. The number of aliphatic hydroxyl groups is 1. The predicted molar refractivity (Wildman–Crippen MR) is 139 cm³/mol. The van der Waals surface area contributed by atoms with Gasteiger partial charge in [0.25, 0.3) is 11.7 Å². The minimum absolute atomic E-state index is 0.0608. The number of aromatic nitrogens is 2. The number of nitrogens with zero attached hydrogens (tertiary/aromatic N) is 4. The van der Waals surface area contributed by atoms with Crippen LogP contribution < -0.4 is 4.74 Å². The van der Waals surface area contributed by atoms with Crippen molar-refractivity contribution in [3.05, 3.63) is 70.7 Å². The van der Waals surface area contributed by atoms with Crippen LogP contribution in [0.15, 0.2) is 48.2 Å². The molecule has 2 aliphatic heterocycles. The van der Waals surface area contributed by atoms with Crippen LogP contribution in [0.3, 0.4) is 0 Å². The number of pyridine rings is 1. The van der Waals surface area contributed by atoms with Crippen molar-refractivity contribution in [1.29, 1.82) is 0 Å². The highest BCUT2D eigenvalue weighted by atomic mass is 16.5. The van der Waals surface area contributed by atoms with Gasteiger partial charge < -0.3 is 23.9 Å². The lowest BCUT2D eigenvalue weighted by atomic mass is 9.96.